The normalized spacial score (nSPS) is 10.9. The number of aryl methyl sites for hydroxylation is 2. The Labute approximate surface area is 129 Å². The summed E-state index contributed by atoms with van der Waals surface area (Å²) in [5.74, 6) is 0. The van der Waals surface area contributed by atoms with Gasteiger partial charge in [-0.2, -0.15) is 0 Å². The number of hydrogen-bond donors (Lipinski definition) is 1. The summed E-state index contributed by atoms with van der Waals surface area (Å²) in [5.41, 5.74) is 3.04. The van der Waals surface area contributed by atoms with Crippen molar-refractivity contribution >= 4 is 18.3 Å². The van der Waals surface area contributed by atoms with Crippen LogP contribution in [0.25, 0.3) is 0 Å². The highest BCUT2D eigenvalue weighted by molar-refractivity contribution is 6.96. The molecule has 0 aliphatic heterocycles. The molecule has 0 amide bonds. The van der Waals surface area contributed by atoms with Gasteiger partial charge in [0.25, 0.3) is 0 Å². The Morgan fingerprint density at radius 2 is 1.45 bits per heavy atom. The zero-order chi connectivity index (χ0) is 14.5. The van der Waals surface area contributed by atoms with Gasteiger partial charge in [-0.05, 0) is 30.4 Å². The van der Waals surface area contributed by atoms with Crippen LogP contribution in [0.3, 0.4) is 0 Å². The second kappa shape index (κ2) is 12.4. The van der Waals surface area contributed by atoms with E-state index in [4.69, 9.17) is 4.80 Å². The lowest BCUT2D eigenvalue weighted by Gasteiger charge is -2.09. The molecule has 0 aliphatic carbocycles. The van der Waals surface area contributed by atoms with Crippen molar-refractivity contribution < 1.29 is 4.80 Å². The fourth-order valence-electron chi connectivity index (χ4n) is 2.57. The molecule has 20 heavy (non-hydrogen) atoms. The zero-order valence-electron chi connectivity index (χ0n) is 12.8. The number of hydrogen-bond acceptors (Lipinski definition) is 1. The van der Waals surface area contributed by atoms with Crippen LogP contribution in [-0.4, -0.2) is 23.1 Å². The van der Waals surface area contributed by atoms with E-state index in [-0.39, 0.29) is 9.28 Å². The van der Waals surface area contributed by atoms with Crippen LogP contribution in [0.4, 0.5) is 0 Å². The van der Waals surface area contributed by atoms with Gasteiger partial charge in [-0.3, -0.25) is 0 Å². The first kappa shape index (κ1) is 17.7. The fourth-order valence-corrected chi connectivity index (χ4v) is 3.79. The number of benzene rings is 1. The van der Waals surface area contributed by atoms with Crippen LogP contribution in [-0.2, 0) is 12.8 Å². The average molecular weight is 305 g/mol. The minimum Gasteiger partial charge on any atom is -0.436 e. The smallest absolute Gasteiger partial charge is 0.200 e. The van der Waals surface area contributed by atoms with E-state index in [0.29, 0.717) is 0 Å². The van der Waals surface area contributed by atoms with Crippen molar-refractivity contribution in [3.63, 3.8) is 0 Å². The minimum absolute atomic E-state index is 0.134. The van der Waals surface area contributed by atoms with Crippen molar-refractivity contribution in [2.24, 2.45) is 0 Å². The van der Waals surface area contributed by atoms with Crippen molar-refractivity contribution in [3.05, 3.63) is 35.4 Å². The summed E-state index contributed by atoms with van der Waals surface area (Å²) in [6.07, 6.45) is 12.0. The Morgan fingerprint density at radius 1 is 0.850 bits per heavy atom. The topological polar surface area (TPSA) is 20.2 Å². The van der Waals surface area contributed by atoms with Crippen molar-refractivity contribution in [1.29, 1.82) is 0 Å². The summed E-state index contributed by atoms with van der Waals surface area (Å²) in [5, 5.41) is 0. The molecule has 4 radical (unpaired) electrons. The molecule has 1 nitrogen and oxygen atoms in total. The molecule has 1 aromatic carbocycles. The van der Waals surface area contributed by atoms with Crippen LogP contribution in [0, 0.1) is 0 Å². The lowest BCUT2D eigenvalue weighted by molar-refractivity contribution is 0.588. The van der Waals surface area contributed by atoms with Crippen LogP contribution >= 0.6 is 0 Å². The van der Waals surface area contributed by atoms with Crippen molar-refractivity contribution in [1.82, 2.24) is 0 Å². The number of rotatable bonds is 12. The van der Waals surface area contributed by atoms with E-state index in [0.717, 1.165) is 21.5 Å². The Hall–Kier alpha value is -0.386. The number of unbranched alkanes of at least 4 members (excludes halogenated alkanes) is 6. The van der Waals surface area contributed by atoms with Crippen LogP contribution in [0.1, 0.15) is 63.0 Å². The van der Waals surface area contributed by atoms with Gasteiger partial charge < -0.3 is 4.80 Å². The quantitative estimate of drug-likeness (QED) is 0.454. The second-order valence-electron chi connectivity index (χ2n) is 5.43. The van der Waals surface area contributed by atoms with Gasteiger partial charge in [0.2, 0.25) is 9.28 Å². The molecular weight excluding hydrogens is 276 g/mol. The van der Waals surface area contributed by atoms with E-state index in [9.17, 15) is 0 Å². The predicted octanol–water partition coefficient (Wildman–Crippen LogP) is 4.17. The highest BCUT2D eigenvalue weighted by atomic mass is 29.2. The molecule has 0 bridgehead atoms. The molecule has 0 spiro atoms. The standard InChI is InChI=1S/C17H28OSi2/c1-2-3-4-5-6-7-8-11-16-12-9-10-13-17(16)14-15-19-20-18/h9-10,12-13,18H,2-8,11,14-15H2,1H3. The molecule has 0 aromatic heterocycles. The zero-order valence-corrected chi connectivity index (χ0v) is 14.8. The van der Waals surface area contributed by atoms with Gasteiger partial charge in [-0.1, -0.05) is 75.8 Å². The maximum atomic E-state index is 8.92. The van der Waals surface area contributed by atoms with Gasteiger partial charge in [0.05, 0.1) is 9.04 Å². The molecule has 1 aromatic rings. The average Bonchev–Trinajstić information content (AvgIpc) is 2.48. The third-order valence-electron chi connectivity index (χ3n) is 3.77. The van der Waals surface area contributed by atoms with Gasteiger partial charge in [0.1, 0.15) is 0 Å². The summed E-state index contributed by atoms with van der Waals surface area (Å²) in [6, 6.07) is 10.0. The molecule has 0 saturated heterocycles. The van der Waals surface area contributed by atoms with Crippen LogP contribution in [0.2, 0.25) is 6.04 Å². The first-order valence-electron chi connectivity index (χ1n) is 8.07. The molecule has 3 heteroatoms. The summed E-state index contributed by atoms with van der Waals surface area (Å²) < 4.78 is 0. The summed E-state index contributed by atoms with van der Waals surface area (Å²) >= 11 is 0. The maximum Gasteiger partial charge on any atom is 0.200 e. The minimum atomic E-state index is 0.134. The highest BCUT2D eigenvalue weighted by Gasteiger charge is 2.02. The molecule has 0 atom stereocenters. The van der Waals surface area contributed by atoms with E-state index in [1.165, 1.54) is 62.5 Å². The first-order chi connectivity index (χ1) is 9.88. The van der Waals surface area contributed by atoms with Gasteiger partial charge in [-0.25, -0.2) is 0 Å². The van der Waals surface area contributed by atoms with Gasteiger partial charge in [-0.15, -0.1) is 0 Å². The Morgan fingerprint density at radius 3 is 2.10 bits per heavy atom. The molecule has 0 aliphatic rings. The molecule has 110 valence electrons. The van der Waals surface area contributed by atoms with E-state index < -0.39 is 0 Å². The van der Waals surface area contributed by atoms with Crippen molar-refractivity contribution in [2.45, 2.75) is 70.8 Å². The van der Waals surface area contributed by atoms with Crippen LogP contribution in [0.5, 0.6) is 0 Å². The fraction of sp³-hybridized carbons (Fsp3) is 0.647. The van der Waals surface area contributed by atoms with Gasteiger partial charge in [0.15, 0.2) is 0 Å². The first-order valence-corrected chi connectivity index (χ1v) is 11.2. The SMILES string of the molecule is CCCCCCCCCc1ccccc1CC[Si][Si]O. The molecule has 1 rings (SSSR count). The van der Waals surface area contributed by atoms with Crippen molar-refractivity contribution in [3.8, 4) is 0 Å². The molecule has 0 fully saturated rings. The monoisotopic (exact) mass is 304 g/mol. The maximum absolute atomic E-state index is 8.92. The van der Waals surface area contributed by atoms with E-state index in [1.54, 1.807) is 0 Å². The molecule has 1 N–H and O–H groups in total. The third-order valence-corrected chi connectivity index (χ3v) is 5.65. The second-order valence-corrected chi connectivity index (χ2v) is 8.24. The third kappa shape index (κ3) is 8.02. The van der Waals surface area contributed by atoms with E-state index in [1.807, 2.05) is 0 Å². The van der Waals surface area contributed by atoms with Crippen LogP contribution < -0.4 is 0 Å². The molecular formula is C17H28OSi2. The van der Waals surface area contributed by atoms with Gasteiger partial charge >= 0.3 is 0 Å². The summed E-state index contributed by atoms with van der Waals surface area (Å²) in [7, 11) is 0.856. The summed E-state index contributed by atoms with van der Waals surface area (Å²) in [6.45, 7) is 2.27. The Kier molecular flexibility index (Phi) is 10.9. The largest absolute Gasteiger partial charge is 0.436 e. The van der Waals surface area contributed by atoms with Crippen LogP contribution in [0.15, 0.2) is 24.3 Å². The van der Waals surface area contributed by atoms with Crippen molar-refractivity contribution in [2.75, 3.05) is 0 Å². The Bertz CT molecular complexity index is 342. The lowest BCUT2D eigenvalue weighted by atomic mass is 9.99. The van der Waals surface area contributed by atoms with Gasteiger partial charge in [0, 0.05) is 0 Å². The van der Waals surface area contributed by atoms with E-state index in [2.05, 4.69) is 31.2 Å². The van der Waals surface area contributed by atoms with E-state index >= 15 is 0 Å². The Balaban J connectivity index is 2.21. The lowest BCUT2D eigenvalue weighted by Crippen LogP contribution is -2.04. The molecule has 0 saturated carbocycles. The molecule has 0 heterocycles. The highest BCUT2D eigenvalue weighted by Crippen LogP contribution is 2.15. The predicted molar refractivity (Wildman–Crippen MR) is 90.4 cm³/mol. The summed E-state index contributed by atoms with van der Waals surface area (Å²) in [4.78, 5) is 8.92. The molecule has 0 unspecified atom stereocenters.